The van der Waals surface area contributed by atoms with Crippen molar-refractivity contribution in [1.82, 2.24) is 20.1 Å². The minimum atomic E-state index is -0.168. The molecule has 0 amide bonds. The van der Waals surface area contributed by atoms with Crippen LogP contribution in [0.2, 0.25) is 0 Å². The van der Waals surface area contributed by atoms with Crippen molar-refractivity contribution >= 4 is 10.9 Å². The summed E-state index contributed by atoms with van der Waals surface area (Å²) in [6.45, 7) is 7.41. The zero-order chi connectivity index (χ0) is 15.6. The summed E-state index contributed by atoms with van der Waals surface area (Å²) in [5.74, 6) is -0.168. The van der Waals surface area contributed by atoms with Gasteiger partial charge in [-0.25, -0.2) is 4.39 Å². The lowest BCUT2D eigenvalue weighted by molar-refractivity contribution is 0.170. The third-order valence-electron chi connectivity index (χ3n) is 5.06. The van der Waals surface area contributed by atoms with Crippen molar-refractivity contribution in [2.24, 2.45) is 0 Å². The number of piperazine rings is 1. The molecular formula is C18H23FN4. The predicted molar refractivity (Wildman–Crippen MR) is 89.8 cm³/mol. The van der Waals surface area contributed by atoms with Crippen molar-refractivity contribution in [3.63, 3.8) is 0 Å². The first kappa shape index (κ1) is 15.0. The highest BCUT2D eigenvalue weighted by atomic mass is 19.1. The fourth-order valence-electron chi connectivity index (χ4n) is 3.89. The SMILES string of the molecule is Fc1cc(CN2CCC(N3CCNCC3)C2)c2ncccc2c1. The van der Waals surface area contributed by atoms with Crippen molar-refractivity contribution in [1.29, 1.82) is 0 Å². The van der Waals surface area contributed by atoms with Gasteiger partial charge in [0, 0.05) is 63.4 Å². The van der Waals surface area contributed by atoms with Crippen LogP contribution in [-0.4, -0.2) is 60.1 Å². The summed E-state index contributed by atoms with van der Waals surface area (Å²) in [5.41, 5.74) is 1.93. The Morgan fingerprint density at radius 2 is 2.09 bits per heavy atom. The lowest BCUT2D eigenvalue weighted by Gasteiger charge is -2.32. The fraction of sp³-hybridized carbons (Fsp3) is 0.500. The normalized spacial score (nSPS) is 23.6. The van der Waals surface area contributed by atoms with Gasteiger partial charge in [0.15, 0.2) is 0 Å². The number of fused-ring (bicyclic) bond motifs is 1. The molecule has 1 aromatic heterocycles. The standard InChI is InChI=1S/C18H23FN4/c19-16-10-14-2-1-4-21-18(14)15(11-16)12-22-7-3-17(13-22)23-8-5-20-6-9-23/h1-2,4,10-11,17,20H,3,5-9,12-13H2. The summed E-state index contributed by atoms with van der Waals surface area (Å²) >= 11 is 0. The van der Waals surface area contributed by atoms with E-state index < -0.39 is 0 Å². The van der Waals surface area contributed by atoms with Crippen molar-refractivity contribution in [3.8, 4) is 0 Å². The van der Waals surface area contributed by atoms with E-state index in [0.717, 1.165) is 62.3 Å². The minimum absolute atomic E-state index is 0.168. The highest BCUT2D eigenvalue weighted by molar-refractivity contribution is 5.81. The number of aromatic nitrogens is 1. The van der Waals surface area contributed by atoms with Gasteiger partial charge in [-0.2, -0.15) is 0 Å². The summed E-state index contributed by atoms with van der Waals surface area (Å²) in [4.78, 5) is 9.50. The van der Waals surface area contributed by atoms with Crippen LogP contribution in [0.4, 0.5) is 4.39 Å². The third kappa shape index (κ3) is 3.22. The van der Waals surface area contributed by atoms with E-state index in [1.165, 1.54) is 6.42 Å². The molecule has 2 aromatic rings. The van der Waals surface area contributed by atoms with E-state index in [9.17, 15) is 4.39 Å². The number of pyridine rings is 1. The van der Waals surface area contributed by atoms with Crippen molar-refractivity contribution in [3.05, 3.63) is 41.8 Å². The van der Waals surface area contributed by atoms with Crippen LogP contribution in [0.25, 0.3) is 10.9 Å². The minimum Gasteiger partial charge on any atom is -0.314 e. The van der Waals surface area contributed by atoms with Gasteiger partial charge < -0.3 is 5.32 Å². The summed E-state index contributed by atoms with van der Waals surface area (Å²) in [5, 5.41) is 4.30. The van der Waals surface area contributed by atoms with E-state index >= 15 is 0 Å². The number of benzene rings is 1. The average Bonchev–Trinajstić information content (AvgIpc) is 3.04. The first-order chi connectivity index (χ1) is 11.3. The molecule has 1 unspecified atom stereocenters. The highest BCUT2D eigenvalue weighted by Gasteiger charge is 2.28. The second-order valence-electron chi connectivity index (χ2n) is 6.60. The second-order valence-corrected chi connectivity index (χ2v) is 6.60. The average molecular weight is 314 g/mol. The molecule has 2 aliphatic heterocycles. The molecular weight excluding hydrogens is 291 g/mol. The molecule has 2 fully saturated rings. The van der Waals surface area contributed by atoms with E-state index in [0.29, 0.717) is 6.04 Å². The molecule has 0 aliphatic carbocycles. The molecule has 4 nitrogen and oxygen atoms in total. The van der Waals surface area contributed by atoms with Crippen LogP contribution in [0.3, 0.4) is 0 Å². The van der Waals surface area contributed by atoms with E-state index in [2.05, 4.69) is 20.1 Å². The molecule has 1 N–H and O–H groups in total. The molecule has 0 radical (unpaired) electrons. The largest absolute Gasteiger partial charge is 0.314 e. The zero-order valence-corrected chi connectivity index (χ0v) is 13.3. The Kier molecular flexibility index (Phi) is 4.25. The van der Waals surface area contributed by atoms with Crippen LogP contribution in [0.5, 0.6) is 0 Å². The van der Waals surface area contributed by atoms with Crippen LogP contribution < -0.4 is 5.32 Å². The van der Waals surface area contributed by atoms with Crippen LogP contribution in [0.1, 0.15) is 12.0 Å². The summed E-state index contributed by atoms with van der Waals surface area (Å²) in [6.07, 6.45) is 3.00. The van der Waals surface area contributed by atoms with Crippen molar-refractivity contribution in [2.45, 2.75) is 19.0 Å². The number of rotatable bonds is 3. The molecule has 5 heteroatoms. The fourth-order valence-corrected chi connectivity index (χ4v) is 3.89. The Hall–Kier alpha value is -1.56. The molecule has 0 saturated carbocycles. The number of nitrogens with zero attached hydrogens (tertiary/aromatic N) is 3. The Bertz CT molecular complexity index is 684. The molecule has 23 heavy (non-hydrogen) atoms. The third-order valence-corrected chi connectivity index (χ3v) is 5.06. The predicted octanol–water partition coefficient (Wildman–Crippen LogP) is 1.85. The Morgan fingerprint density at radius 1 is 1.22 bits per heavy atom. The van der Waals surface area contributed by atoms with Crippen LogP contribution in [0.15, 0.2) is 30.5 Å². The Morgan fingerprint density at radius 3 is 2.96 bits per heavy atom. The van der Waals surface area contributed by atoms with Gasteiger partial charge in [-0.1, -0.05) is 6.07 Å². The highest BCUT2D eigenvalue weighted by Crippen LogP contribution is 2.23. The topological polar surface area (TPSA) is 31.4 Å². The zero-order valence-electron chi connectivity index (χ0n) is 13.3. The first-order valence-corrected chi connectivity index (χ1v) is 8.50. The second kappa shape index (κ2) is 6.51. The van der Waals surface area contributed by atoms with E-state index in [4.69, 9.17) is 0 Å². The van der Waals surface area contributed by atoms with Crippen LogP contribution >= 0.6 is 0 Å². The molecule has 1 aromatic carbocycles. The molecule has 2 aliphatic rings. The summed E-state index contributed by atoms with van der Waals surface area (Å²) in [7, 11) is 0. The van der Waals surface area contributed by atoms with Gasteiger partial charge in [-0.15, -0.1) is 0 Å². The maximum atomic E-state index is 13.9. The monoisotopic (exact) mass is 314 g/mol. The van der Waals surface area contributed by atoms with Crippen LogP contribution in [-0.2, 0) is 6.54 Å². The lowest BCUT2D eigenvalue weighted by atomic mass is 10.1. The molecule has 4 rings (SSSR count). The van der Waals surface area contributed by atoms with Gasteiger partial charge in [0.05, 0.1) is 5.52 Å². The number of hydrogen-bond donors (Lipinski definition) is 1. The van der Waals surface area contributed by atoms with E-state index in [1.807, 2.05) is 12.1 Å². The van der Waals surface area contributed by atoms with Gasteiger partial charge in [0.1, 0.15) is 5.82 Å². The van der Waals surface area contributed by atoms with Gasteiger partial charge in [-0.3, -0.25) is 14.8 Å². The molecule has 1 atom stereocenters. The van der Waals surface area contributed by atoms with Gasteiger partial charge >= 0.3 is 0 Å². The molecule has 0 spiro atoms. The maximum absolute atomic E-state index is 13.9. The van der Waals surface area contributed by atoms with Crippen LogP contribution in [0, 0.1) is 5.82 Å². The van der Waals surface area contributed by atoms with Crippen molar-refractivity contribution in [2.75, 3.05) is 39.3 Å². The van der Waals surface area contributed by atoms with E-state index in [-0.39, 0.29) is 5.82 Å². The van der Waals surface area contributed by atoms with Gasteiger partial charge in [0.25, 0.3) is 0 Å². The lowest BCUT2D eigenvalue weighted by Crippen LogP contribution is -2.49. The van der Waals surface area contributed by atoms with Crippen molar-refractivity contribution < 1.29 is 4.39 Å². The van der Waals surface area contributed by atoms with Gasteiger partial charge in [0.2, 0.25) is 0 Å². The number of halogens is 1. The molecule has 3 heterocycles. The number of nitrogens with one attached hydrogen (secondary N) is 1. The Labute approximate surface area is 136 Å². The maximum Gasteiger partial charge on any atom is 0.124 e. The molecule has 122 valence electrons. The summed E-state index contributed by atoms with van der Waals surface area (Å²) in [6, 6.07) is 7.65. The number of likely N-dealkylation sites (tertiary alicyclic amines) is 1. The smallest absolute Gasteiger partial charge is 0.124 e. The summed E-state index contributed by atoms with van der Waals surface area (Å²) < 4.78 is 13.9. The number of hydrogen-bond acceptors (Lipinski definition) is 4. The first-order valence-electron chi connectivity index (χ1n) is 8.50. The molecule has 2 saturated heterocycles. The van der Waals surface area contributed by atoms with E-state index in [1.54, 1.807) is 18.3 Å². The Balaban J connectivity index is 1.48. The quantitative estimate of drug-likeness (QED) is 0.937. The van der Waals surface area contributed by atoms with Gasteiger partial charge in [-0.05, 0) is 30.2 Å². The molecule has 0 bridgehead atoms.